The van der Waals surface area contributed by atoms with Gasteiger partial charge >= 0.3 is 0 Å². The summed E-state index contributed by atoms with van der Waals surface area (Å²) in [6.45, 7) is 1.36. The molecule has 2 heterocycles. The van der Waals surface area contributed by atoms with Crippen molar-refractivity contribution in [1.82, 2.24) is 4.90 Å². The topological polar surface area (TPSA) is 57.2 Å². The summed E-state index contributed by atoms with van der Waals surface area (Å²) in [5.41, 5.74) is 0.999. The van der Waals surface area contributed by atoms with Crippen molar-refractivity contribution < 1.29 is 32.5 Å². The van der Waals surface area contributed by atoms with Crippen LogP contribution in [0.25, 0.3) is 0 Å². The third-order valence-electron chi connectivity index (χ3n) is 6.85. The van der Waals surface area contributed by atoms with Gasteiger partial charge in [-0.15, -0.1) is 0 Å². The van der Waals surface area contributed by atoms with E-state index < -0.39 is 11.5 Å². The number of rotatable bonds is 6. The third-order valence-corrected chi connectivity index (χ3v) is 6.85. The van der Waals surface area contributed by atoms with E-state index in [2.05, 4.69) is 0 Å². The van der Waals surface area contributed by atoms with Crippen LogP contribution in [-0.4, -0.2) is 56.4 Å². The average molecular weight is 459 g/mol. The van der Waals surface area contributed by atoms with Crippen LogP contribution in [0, 0.1) is 5.92 Å². The van der Waals surface area contributed by atoms with Crippen LogP contribution in [0.15, 0.2) is 48.5 Å². The number of amides is 1. The fraction of sp³-hybridized carbons (Fsp3) is 0.480. The Labute approximate surface area is 191 Å². The molecule has 2 aromatic carbocycles. The summed E-state index contributed by atoms with van der Waals surface area (Å²) in [6, 6.07) is 15.0. The predicted octanol–water partition coefficient (Wildman–Crippen LogP) is 4.23. The normalized spacial score (nSPS) is 26.4. The lowest BCUT2D eigenvalue weighted by Gasteiger charge is -2.42. The first-order valence-electron chi connectivity index (χ1n) is 11.2. The number of carbonyl (C=O) groups is 1. The van der Waals surface area contributed by atoms with Gasteiger partial charge in [-0.1, -0.05) is 30.3 Å². The highest BCUT2D eigenvalue weighted by atomic mass is 19.3. The highest BCUT2D eigenvalue weighted by molar-refractivity contribution is 5.95. The lowest BCUT2D eigenvalue weighted by Crippen LogP contribution is -2.53. The Kier molecular flexibility index (Phi) is 5.74. The van der Waals surface area contributed by atoms with Crippen molar-refractivity contribution in [3.8, 4) is 11.5 Å². The number of hydrogen-bond donors (Lipinski definition) is 0. The Hall–Kier alpha value is -2.71. The molecule has 0 radical (unpaired) electrons. The molecule has 0 bridgehead atoms. The highest BCUT2D eigenvalue weighted by Gasteiger charge is 2.51. The zero-order chi connectivity index (χ0) is 23.1. The quantitative estimate of drug-likeness (QED) is 0.647. The summed E-state index contributed by atoms with van der Waals surface area (Å²) in [5.74, 6) is -2.02. The van der Waals surface area contributed by atoms with Gasteiger partial charge in [0.25, 0.3) is 5.91 Å². The van der Waals surface area contributed by atoms with Gasteiger partial charge in [0.05, 0.1) is 20.3 Å². The molecule has 6 nitrogen and oxygen atoms in total. The Bertz CT molecular complexity index is 1010. The second-order valence-corrected chi connectivity index (χ2v) is 8.98. The van der Waals surface area contributed by atoms with Crippen LogP contribution >= 0.6 is 0 Å². The maximum absolute atomic E-state index is 13.3. The van der Waals surface area contributed by atoms with E-state index in [-0.39, 0.29) is 44.2 Å². The van der Waals surface area contributed by atoms with E-state index in [1.165, 1.54) is 7.11 Å². The fourth-order valence-corrected chi connectivity index (χ4v) is 5.01. The lowest BCUT2D eigenvalue weighted by atomic mass is 9.82. The number of alkyl halides is 2. The second kappa shape index (κ2) is 8.57. The lowest BCUT2D eigenvalue weighted by molar-refractivity contribution is -0.119. The first kappa shape index (κ1) is 22.1. The molecule has 0 aromatic heterocycles. The third kappa shape index (κ3) is 4.17. The van der Waals surface area contributed by atoms with Crippen LogP contribution in [0.4, 0.5) is 8.78 Å². The number of piperidine rings is 1. The van der Waals surface area contributed by atoms with Crippen molar-refractivity contribution in [3.63, 3.8) is 0 Å². The number of likely N-dealkylation sites (tertiary alicyclic amines) is 1. The molecule has 1 saturated carbocycles. The molecule has 1 amide bonds. The van der Waals surface area contributed by atoms with Crippen molar-refractivity contribution in [2.24, 2.45) is 5.92 Å². The van der Waals surface area contributed by atoms with Crippen molar-refractivity contribution in [2.45, 2.75) is 36.9 Å². The number of carbonyl (C=O) groups excluding carboxylic acids is 1. The number of ether oxygens (including phenoxy) is 4. The van der Waals surface area contributed by atoms with Crippen LogP contribution in [0.3, 0.4) is 0 Å². The number of nitrogens with zero attached hydrogens (tertiary/aromatic N) is 1. The molecule has 8 heteroatoms. The zero-order valence-corrected chi connectivity index (χ0v) is 18.5. The van der Waals surface area contributed by atoms with Gasteiger partial charge in [0.15, 0.2) is 11.5 Å². The SMILES string of the molecule is COc1cc(C(=O)N2CCC3(c4ccccc4)OCOC3C2)ccc1OCC1CC(F)(F)C1. The van der Waals surface area contributed by atoms with Gasteiger partial charge in [0.1, 0.15) is 18.5 Å². The number of fused-ring (bicyclic) bond motifs is 1. The summed E-state index contributed by atoms with van der Waals surface area (Å²) in [4.78, 5) is 15.0. The summed E-state index contributed by atoms with van der Waals surface area (Å²) >= 11 is 0. The number of benzene rings is 2. The van der Waals surface area contributed by atoms with E-state index in [0.29, 0.717) is 36.6 Å². The zero-order valence-electron chi connectivity index (χ0n) is 18.5. The maximum atomic E-state index is 13.3. The van der Waals surface area contributed by atoms with E-state index >= 15 is 0 Å². The van der Waals surface area contributed by atoms with Gasteiger partial charge in [-0.05, 0) is 23.8 Å². The van der Waals surface area contributed by atoms with E-state index in [1.807, 2.05) is 30.3 Å². The number of hydrogen-bond acceptors (Lipinski definition) is 5. The molecule has 2 aromatic rings. The molecule has 2 aliphatic heterocycles. The Morgan fingerprint density at radius 2 is 1.94 bits per heavy atom. The molecular weight excluding hydrogens is 432 g/mol. The van der Waals surface area contributed by atoms with Gasteiger partial charge in [0, 0.05) is 37.3 Å². The molecule has 3 fully saturated rings. The van der Waals surface area contributed by atoms with Crippen molar-refractivity contribution >= 4 is 5.91 Å². The molecule has 33 heavy (non-hydrogen) atoms. The van der Waals surface area contributed by atoms with Crippen LogP contribution < -0.4 is 9.47 Å². The van der Waals surface area contributed by atoms with Crippen LogP contribution in [0.2, 0.25) is 0 Å². The van der Waals surface area contributed by atoms with Crippen molar-refractivity contribution in [2.75, 3.05) is 33.6 Å². The van der Waals surface area contributed by atoms with Crippen molar-refractivity contribution in [1.29, 1.82) is 0 Å². The molecule has 1 aliphatic carbocycles. The van der Waals surface area contributed by atoms with E-state index in [1.54, 1.807) is 23.1 Å². The summed E-state index contributed by atoms with van der Waals surface area (Å²) < 4.78 is 49.1. The van der Waals surface area contributed by atoms with Gasteiger partial charge in [-0.2, -0.15) is 0 Å². The molecule has 3 aliphatic rings. The summed E-state index contributed by atoms with van der Waals surface area (Å²) in [7, 11) is 1.49. The first-order valence-corrected chi connectivity index (χ1v) is 11.2. The number of methoxy groups -OCH3 is 1. The standard InChI is InChI=1S/C25H27F2NO5/c1-30-21-11-18(7-8-20(21)31-15-17-12-24(26,27)13-17)23(29)28-10-9-25(19-5-3-2-4-6-19)22(14-28)32-16-33-25/h2-8,11,17,22H,9-10,12-16H2,1H3. The highest BCUT2D eigenvalue weighted by Crippen LogP contribution is 2.44. The first-order chi connectivity index (χ1) is 15.9. The van der Waals surface area contributed by atoms with E-state index in [0.717, 1.165) is 5.56 Å². The maximum Gasteiger partial charge on any atom is 0.254 e. The second-order valence-electron chi connectivity index (χ2n) is 8.98. The molecule has 5 rings (SSSR count). The molecule has 2 unspecified atom stereocenters. The minimum absolute atomic E-state index is 0.129. The summed E-state index contributed by atoms with van der Waals surface area (Å²) in [6.07, 6.45) is 0.0802. The Morgan fingerprint density at radius 1 is 1.15 bits per heavy atom. The minimum Gasteiger partial charge on any atom is -0.493 e. The minimum atomic E-state index is -2.57. The van der Waals surface area contributed by atoms with Gasteiger partial charge in [-0.25, -0.2) is 8.78 Å². The molecule has 176 valence electrons. The van der Waals surface area contributed by atoms with E-state index in [9.17, 15) is 13.6 Å². The molecular formula is C25H27F2NO5. The van der Waals surface area contributed by atoms with E-state index in [4.69, 9.17) is 18.9 Å². The van der Waals surface area contributed by atoms with Gasteiger partial charge in [-0.3, -0.25) is 4.79 Å². The average Bonchev–Trinajstić information content (AvgIpc) is 3.25. The fourth-order valence-electron chi connectivity index (χ4n) is 5.01. The molecule has 2 saturated heterocycles. The Balaban J connectivity index is 1.26. The number of halogens is 2. The van der Waals surface area contributed by atoms with Crippen LogP contribution in [0.1, 0.15) is 35.2 Å². The predicted molar refractivity (Wildman–Crippen MR) is 116 cm³/mol. The van der Waals surface area contributed by atoms with Gasteiger partial charge < -0.3 is 23.8 Å². The molecule has 0 N–H and O–H groups in total. The summed E-state index contributed by atoms with van der Waals surface area (Å²) in [5, 5.41) is 0. The monoisotopic (exact) mass is 459 g/mol. The Morgan fingerprint density at radius 3 is 2.67 bits per heavy atom. The molecule has 0 spiro atoms. The van der Waals surface area contributed by atoms with Gasteiger partial charge in [0.2, 0.25) is 5.92 Å². The van der Waals surface area contributed by atoms with Crippen LogP contribution in [0.5, 0.6) is 11.5 Å². The van der Waals surface area contributed by atoms with Crippen LogP contribution in [-0.2, 0) is 15.1 Å². The largest absolute Gasteiger partial charge is 0.493 e. The smallest absolute Gasteiger partial charge is 0.254 e. The van der Waals surface area contributed by atoms with Crippen molar-refractivity contribution in [3.05, 3.63) is 59.7 Å². The molecule has 2 atom stereocenters.